The van der Waals surface area contributed by atoms with Crippen molar-refractivity contribution in [2.45, 2.75) is 20.1 Å². The molecular formula is C25H23N3O2. The number of hydrogen-bond donors (Lipinski definition) is 2. The molecule has 0 saturated heterocycles. The standard InChI is InChI=1S/C25H23N3O2/c1-18-7-5-10-21(13-18)24-23(16-28(27-24)22-11-3-2-4-12-22)25(30)26-15-19-8-6-9-20(14-19)17-29/h2-14,16,29H,15,17H2,1H3,(H,26,30). The molecule has 3 aromatic carbocycles. The molecule has 0 atom stereocenters. The average Bonchev–Trinajstić information content (AvgIpc) is 3.24. The van der Waals surface area contributed by atoms with Gasteiger partial charge in [-0.15, -0.1) is 0 Å². The number of aliphatic hydroxyl groups is 1. The first-order chi connectivity index (χ1) is 14.6. The summed E-state index contributed by atoms with van der Waals surface area (Å²) in [6.07, 6.45) is 1.77. The molecule has 0 bridgehead atoms. The summed E-state index contributed by atoms with van der Waals surface area (Å²) < 4.78 is 1.74. The highest BCUT2D eigenvalue weighted by Crippen LogP contribution is 2.25. The van der Waals surface area contributed by atoms with E-state index in [1.54, 1.807) is 10.9 Å². The van der Waals surface area contributed by atoms with Gasteiger partial charge in [0.25, 0.3) is 5.91 Å². The van der Waals surface area contributed by atoms with Crippen molar-refractivity contribution in [3.63, 3.8) is 0 Å². The quantitative estimate of drug-likeness (QED) is 0.511. The van der Waals surface area contributed by atoms with E-state index in [-0.39, 0.29) is 12.5 Å². The third-order valence-electron chi connectivity index (χ3n) is 4.90. The van der Waals surface area contributed by atoms with Gasteiger partial charge in [-0.3, -0.25) is 4.79 Å². The number of aliphatic hydroxyl groups excluding tert-OH is 1. The molecule has 0 fully saturated rings. The Morgan fingerprint density at radius 2 is 1.73 bits per heavy atom. The minimum Gasteiger partial charge on any atom is -0.392 e. The molecule has 0 aliphatic carbocycles. The van der Waals surface area contributed by atoms with Crippen LogP contribution in [0.25, 0.3) is 16.9 Å². The number of nitrogens with zero attached hydrogens (tertiary/aromatic N) is 2. The number of aromatic nitrogens is 2. The number of amides is 1. The summed E-state index contributed by atoms with van der Waals surface area (Å²) in [6.45, 7) is 2.37. The largest absolute Gasteiger partial charge is 0.392 e. The second kappa shape index (κ2) is 8.76. The SMILES string of the molecule is Cc1cccc(-c2nn(-c3ccccc3)cc2C(=O)NCc2cccc(CO)c2)c1. The van der Waals surface area contributed by atoms with E-state index < -0.39 is 0 Å². The summed E-state index contributed by atoms with van der Waals surface area (Å²) in [5.74, 6) is -0.192. The predicted molar refractivity (Wildman–Crippen MR) is 117 cm³/mol. The Bertz CT molecular complexity index is 1170. The van der Waals surface area contributed by atoms with Gasteiger partial charge in [-0.25, -0.2) is 4.68 Å². The molecule has 0 spiro atoms. The summed E-state index contributed by atoms with van der Waals surface area (Å²) >= 11 is 0. The van der Waals surface area contributed by atoms with Crippen LogP contribution in [0.2, 0.25) is 0 Å². The van der Waals surface area contributed by atoms with Gasteiger partial charge < -0.3 is 10.4 Å². The monoisotopic (exact) mass is 397 g/mol. The summed E-state index contributed by atoms with van der Waals surface area (Å²) in [4.78, 5) is 13.1. The zero-order valence-electron chi connectivity index (χ0n) is 16.7. The van der Waals surface area contributed by atoms with E-state index in [0.717, 1.165) is 27.9 Å². The Kier molecular flexibility index (Phi) is 5.72. The summed E-state index contributed by atoms with van der Waals surface area (Å²) in [6, 6.07) is 25.2. The van der Waals surface area contributed by atoms with Crippen LogP contribution in [0.4, 0.5) is 0 Å². The summed E-state index contributed by atoms with van der Waals surface area (Å²) in [5, 5.41) is 17.0. The highest BCUT2D eigenvalue weighted by Gasteiger charge is 2.18. The molecule has 2 N–H and O–H groups in total. The third kappa shape index (κ3) is 4.31. The fourth-order valence-electron chi connectivity index (χ4n) is 3.37. The van der Waals surface area contributed by atoms with Gasteiger partial charge in [0, 0.05) is 18.3 Å². The van der Waals surface area contributed by atoms with Gasteiger partial charge >= 0.3 is 0 Å². The highest BCUT2D eigenvalue weighted by atomic mass is 16.3. The minimum absolute atomic E-state index is 0.0247. The first kappa shape index (κ1) is 19.6. The summed E-state index contributed by atoms with van der Waals surface area (Å²) in [5.41, 5.74) is 5.81. The Morgan fingerprint density at radius 1 is 0.967 bits per heavy atom. The third-order valence-corrected chi connectivity index (χ3v) is 4.90. The molecule has 0 aliphatic heterocycles. The van der Waals surface area contributed by atoms with Crippen molar-refractivity contribution >= 4 is 5.91 Å². The lowest BCUT2D eigenvalue weighted by atomic mass is 10.1. The van der Waals surface area contributed by atoms with Crippen LogP contribution in [0.3, 0.4) is 0 Å². The first-order valence-corrected chi connectivity index (χ1v) is 9.83. The van der Waals surface area contributed by atoms with E-state index in [4.69, 9.17) is 5.10 Å². The van der Waals surface area contributed by atoms with Crippen molar-refractivity contribution in [3.05, 3.63) is 107 Å². The number of nitrogens with one attached hydrogen (secondary N) is 1. The lowest BCUT2D eigenvalue weighted by molar-refractivity contribution is 0.0951. The van der Waals surface area contributed by atoms with E-state index in [9.17, 15) is 9.90 Å². The van der Waals surface area contributed by atoms with E-state index in [1.165, 1.54) is 0 Å². The zero-order chi connectivity index (χ0) is 20.9. The molecule has 5 heteroatoms. The molecule has 0 radical (unpaired) electrons. The normalized spacial score (nSPS) is 10.7. The number of carbonyl (C=O) groups excluding carboxylic acids is 1. The second-order valence-electron chi connectivity index (χ2n) is 7.20. The van der Waals surface area contributed by atoms with Gasteiger partial charge in [0.15, 0.2) is 0 Å². The lowest BCUT2D eigenvalue weighted by Gasteiger charge is -2.07. The van der Waals surface area contributed by atoms with Gasteiger partial charge in [0.2, 0.25) is 0 Å². The topological polar surface area (TPSA) is 67.2 Å². The van der Waals surface area contributed by atoms with Crippen LogP contribution in [-0.2, 0) is 13.2 Å². The van der Waals surface area contributed by atoms with Crippen molar-refractivity contribution in [1.29, 1.82) is 0 Å². The van der Waals surface area contributed by atoms with Crippen molar-refractivity contribution in [1.82, 2.24) is 15.1 Å². The maximum Gasteiger partial charge on any atom is 0.255 e. The Morgan fingerprint density at radius 3 is 2.50 bits per heavy atom. The number of benzene rings is 3. The molecule has 1 aromatic heterocycles. The van der Waals surface area contributed by atoms with Gasteiger partial charge in [-0.05, 0) is 36.2 Å². The number of para-hydroxylation sites is 1. The lowest BCUT2D eigenvalue weighted by Crippen LogP contribution is -2.23. The first-order valence-electron chi connectivity index (χ1n) is 9.83. The van der Waals surface area contributed by atoms with Gasteiger partial charge in [-0.1, -0.05) is 66.2 Å². The van der Waals surface area contributed by atoms with Gasteiger partial charge in [0.05, 0.1) is 17.9 Å². The van der Waals surface area contributed by atoms with E-state index in [2.05, 4.69) is 5.32 Å². The van der Waals surface area contributed by atoms with Crippen molar-refractivity contribution in [2.75, 3.05) is 0 Å². The number of rotatable bonds is 6. The fraction of sp³-hybridized carbons (Fsp3) is 0.120. The Labute approximate surface area is 175 Å². The average molecular weight is 397 g/mol. The molecule has 0 unspecified atom stereocenters. The molecule has 0 saturated carbocycles. The molecular weight excluding hydrogens is 374 g/mol. The van der Waals surface area contributed by atoms with E-state index in [0.29, 0.717) is 17.8 Å². The fourth-order valence-corrected chi connectivity index (χ4v) is 3.37. The number of hydrogen-bond acceptors (Lipinski definition) is 3. The maximum absolute atomic E-state index is 13.1. The van der Waals surface area contributed by atoms with Crippen LogP contribution in [0, 0.1) is 6.92 Å². The van der Waals surface area contributed by atoms with Crippen LogP contribution in [-0.4, -0.2) is 20.8 Å². The van der Waals surface area contributed by atoms with Crippen molar-refractivity contribution < 1.29 is 9.90 Å². The molecule has 1 heterocycles. The molecule has 5 nitrogen and oxygen atoms in total. The summed E-state index contributed by atoms with van der Waals surface area (Å²) in [7, 11) is 0. The van der Waals surface area contributed by atoms with Crippen LogP contribution >= 0.6 is 0 Å². The van der Waals surface area contributed by atoms with Gasteiger partial charge in [0.1, 0.15) is 5.69 Å². The molecule has 4 rings (SSSR count). The Hall–Kier alpha value is -3.70. The highest BCUT2D eigenvalue weighted by molar-refractivity contribution is 6.00. The Balaban J connectivity index is 1.66. The number of aryl methyl sites for hydroxylation is 1. The second-order valence-corrected chi connectivity index (χ2v) is 7.20. The number of carbonyl (C=O) groups is 1. The zero-order valence-corrected chi connectivity index (χ0v) is 16.7. The van der Waals surface area contributed by atoms with Crippen LogP contribution in [0.5, 0.6) is 0 Å². The van der Waals surface area contributed by atoms with Crippen LogP contribution < -0.4 is 5.32 Å². The van der Waals surface area contributed by atoms with Gasteiger partial charge in [-0.2, -0.15) is 5.10 Å². The molecule has 1 amide bonds. The maximum atomic E-state index is 13.1. The molecule has 150 valence electrons. The predicted octanol–water partition coefficient (Wildman–Crippen LogP) is 4.27. The van der Waals surface area contributed by atoms with Crippen molar-refractivity contribution in [2.24, 2.45) is 0 Å². The van der Waals surface area contributed by atoms with E-state index in [1.807, 2.05) is 85.8 Å². The minimum atomic E-state index is -0.192. The molecule has 30 heavy (non-hydrogen) atoms. The van der Waals surface area contributed by atoms with E-state index >= 15 is 0 Å². The smallest absolute Gasteiger partial charge is 0.255 e. The van der Waals surface area contributed by atoms with Crippen LogP contribution in [0.1, 0.15) is 27.0 Å². The molecule has 4 aromatic rings. The molecule has 0 aliphatic rings. The van der Waals surface area contributed by atoms with Crippen LogP contribution in [0.15, 0.2) is 85.1 Å². The van der Waals surface area contributed by atoms with Crippen molar-refractivity contribution in [3.8, 4) is 16.9 Å².